The predicted octanol–water partition coefficient (Wildman–Crippen LogP) is 5.59. The maximum atomic E-state index is 14.7. The van der Waals surface area contributed by atoms with Gasteiger partial charge in [-0.2, -0.15) is 0 Å². The topological polar surface area (TPSA) is 58.2 Å². The third kappa shape index (κ3) is 6.42. The highest BCUT2D eigenvalue weighted by Crippen LogP contribution is 2.45. The van der Waals surface area contributed by atoms with Crippen molar-refractivity contribution in [1.29, 1.82) is 0 Å². The van der Waals surface area contributed by atoms with Crippen molar-refractivity contribution < 1.29 is 13.5 Å². The zero-order valence-electron chi connectivity index (χ0n) is 19.9. The maximum Gasteiger partial charge on any atom is 0.149 e. The van der Waals surface area contributed by atoms with Crippen LogP contribution in [0.1, 0.15) is 52.4 Å². The monoisotopic (exact) mass is 458 g/mol. The number of anilines is 2. The van der Waals surface area contributed by atoms with Gasteiger partial charge in [-0.3, -0.25) is 0 Å². The van der Waals surface area contributed by atoms with E-state index in [1.165, 1.54) is 25.1 Å². The third-order valence-corrected chi connectivity index (χ3v) is 6.95. The molecule has 0 aliphatic heterocycles. The summed E-state index contributed by atoms with van der Waals surface area (Å²) < 4.78 is 34.5. The quantitative estimate of drug-likeness (QED) is 0.434. The predicted molar refractivity (Wildman–Crippen MR) is 130 cm³/mol. The number of pyridine rings is 1. The van der Waals surface area contributed by atoms with E-state index in [0.29, 0.717) is 29.9 Å². The number of hydrogen-bond donors (Lipinski definition) is 3. The molecule has 2 aromatic rings. The first-order valence-electron chi connectivity index (χ1n) is 12.1. The van der Waals surface area contributed by atoms with Crippen molar-refractivity contribution in [1.82, 2.24) is 10.3 Å². The molecule has 1 aromatic heterocycles. The number of halogens is 2. The second-order valence-electron chi connectivity index (χ2n) is 10.1. The molecule has 0 unspecified atom stereocenters. The zero-order chi connectivity index (χ0) is 23.4. The standard InChI is InChI=1S/C26H36F2N4O/c1-17(15-33-3)31-18-4-6-19(7-5-18)32-25-13-22(24(28)14-29-25)21-12-20(8-9-23(21)27)30-16-26(2)10-11-26/h8-9,12-14,17-19,30-31H,4-7,10-11,15-16H2,1-3H3,(H,29,32)/t17-,18?,19?/m0/s1. The van der Waals surface area contributed by atoms with Crippen molar-refractivity contribution in [2.24, 2.45) is 5.41 Å². The molecule has 0 bridgehead atoms. The molecule has 0 saturated heterocycles. The van der Waals surface area contributed by atoms with Gasteiger partial charge in [-0.25, -0.2) is 13.8 Å². The lowest BCUT2D eigenvalue weighted by Gasteiger charge is -2.31. The van der Waals surface area contributed by atoms with Crippen molar-refractivity contribution in [3.63, 3.8) is 0 Å². The summed E-state index contributed by atoms with van der Waals surface area (Å²) in [7, 11) is 1.72. The molecule has 4 rings (SSSR count). The Morgan fingerprint density at radius 1 is 1.06 bits per heavy atom. The summed E-state index contributed by atoms with van der Waals surface area (Å²) in [6.07, 6.45) is 7.69. The largest absolute Gasteiger partial charge is 0.384 e. The summed E-state index contributed by atoms with van der Waals surface area (Å²) >= 11 is 0. The van der Waals surface area contributed by atoms with Crippen molar-refractivity contribution in [3.8, 4) is 11.1 Å². The molecule has 2 saturated carbocycles. The van der Waals surface area contributed by atoms with Crippen LogP contribution in [0.2, 0.25) is 0 Å². The van der Waals surface area contributed by atoms with Crippen LogP contribution in [0.4, 0.5) is 20.3 Å². The van der Waals surface area contributed by atoms with Gasteiger partial charge in [-0.05, 0) is 75.1 Å². The van der Waals surface area contributed by atoms with Crippen LogP contribution in [0.3, 0.4) is 0 Å². The van der Waals surface area contributed by atoms with Gasteiger partial charge in [-0.1, -0.05) is 6.92 Å². The van der Waals surface area contributed by atoms with E-state index in [1.807, 2.05) is 0 Å². The normalized spacial score (nSPS) is 22.6. The molecule has 180 valence electrons. The summed E-state index contributed by atoms with van der Waals surface area (Å²) in [6, 6.07) is 7.52. The lowest BCUT2D eigenvalue weighted by Crippen LogP contribution is -2.42. The smallest absolute Gasteiger partial charge is 0.149 e. The molecule has 1 aromatic carbocycles. The van der Waals surface area contributed by atoms with Crippen LogP contribution in [0.5, 0.6) is 0 Å². The first-order valence-corrected chi connectivity index (χ1v) is 12.1. The number of nitrogens with one attached hydrogen (secondary N) is 3. The van der Waals surface area contributed by atoms with Gasteiger partial charge in [0.2, 0.25) is 0 Å². The molecule has 2 aliphatic carbocycles. The average Bonchev–Trinajstić information content (AvgIpc) is 3.53. The van der Waals surface area contributed by atoms with Crippen LogP contribution < -0.4 is 16.0 Å². The maximum absolute atomic E-state index is 14.7. The van der Waals surface area contributed by atoms with E-state index < -0.39 is 11.6 Å². The molecule has 3 N–H and O–H groups in total. The molecule has 5 nitrogen and oxygen atoms in total. The van der Waals surface area contributed by atoms with Gasteiger partial charge in [0.05, 0.1) is 12.8 Å². The highest BCUT2D eigenvalue weighted by molar-refractivity contribution is 5.71. The molecule has 7 heteroatoms. The van der Waals surface area contributed by atoms with E-state index in [-0.39, 0.29) is 17.2 Å². The fourth-order valence-electron chi connectivity index (χ4n) is 4.59. The van der Waals surface area contributed by atoms with E-state index in [9.17, 15) is 8.78 Å². The number of methoxy groups -OCH3 is 1. The number of ether oxygens (including phenoxy) is 1. The molecule has 0 spiro atoms. The lowest BCUT2D eigenvalue weighted by atomic mass is 9.90. The molecule has 0 amide bonds. The molecule has 33 heavy (non-hydrogen) atoms. The first-order chi connectivity index (χ1) is 15.8. The second-order valence-corrected chi connectivity index (χ2v) is 10.1. The number of aromatic nitrogens is 1. The third-order valence-electron chi connectivity index (χ3n) is 6.95. The van der Waals surface area contributed by atoms with Gasteiger partial charge in [0.15, 0.2) is 0 Å². The van der Waals surface area contributed by atoms with Crippen molar-refractivity contribution in [2.45, 2.75) is 70.5 Å². The Balaban J connectivity index is 1.40. The molecule has 2 fully saturated rings. The number of nitrogens with zero attached hydrogens (tertiary/aromatic N) is 1. The zero-order valence-corrected chi connectivity index (χ0v) is 19.9. The number of hydrogen-bond acceptors (Lipinski definition) is 5. The number of rotatable bonds is 10. The van der Waals surface area contributed by atoms with Gasteiger partial charge in [-0.15, -0.1) is 0 Å². The van der Waals surface area contributed by atoms with Crippen LogP contribution in [0.15, 0.2) is 30.5 Å². The summed E-state index contributed by atoms with van der Waals surface area (Å²) in [5, 5.41) is 10.4. The molecular formula is C26H36F2N4O. The minimum atomic E-state index is -0.522. The Kier molecular flexibility index (Phi) is 7.49. The van der Waals surface area contributed by atoms with Crippen molar-refractivity contribution in [3.05, 3.63) is 42.1 Å². The lowest BCUT2D eigenvalue weighted by molar-refractivity contribution is 0.161. The Morgan fingerprint density at radius 2 is 1.76 bits per heavy atom. The van der Waals surface area contributed by atoms with Crippen molar-refractivity contribution in [2.75, 3.05) is 30.9 Å². The SMILES string of the molecule is COC[C@H](C)NC1CCC(Nc2cc(-c3cc(NCC4(C)CC4)ccc3F)c(F)cn2)CC1. The molecule has 0 radical (unpaired) electrons. The van der Waals surface area contributed by atoms with E-state index in [2.05, 4.69) is 34.8 Å². The molecule has 2 aliphatic rings. The van der Waals surface area contributed by atoms with Crippen molar-refractivity contribution >= 4 is 11.5 Å². The second kappa shape index (κ2) is 10.3. The Morgan fingerprint density at radius 3 is 2.45 bits per heavy atom. The van der Waals surface area contributed by atoms with Crippen LogP contribution >= 0.6 is 0 Å². The minimum Gasteiger partial charge on any atom is -0.384 e. The fraction of sp³-hybridized carbons (Fsp3) is 0.577. The molecular weight excluding hydrogens is 422 g/mol. The molecule has 1 atom stereocenters. The minimum absolute atomic E-state index is 0.232. The van der Waals surface area contributed by atoms with Gasteiger partial charge < -0.3 is 20.7 Å². The highest BCUT2D eigenvalue weighted by Gasteiger charge is 2.36. The first kappa shape index (κ1) is 23.9. The van der Waals surface area contributed by atoms with Crippen LogP contribution in [0, 0.1) is 17.0 Å². The Bertz CT molecular complexity index is 942. The van der Waals surface area contributed by atoms with Crippen LogP contribution in [-0.4, -0.2) is 43.4 Å². The Labute approximate surface area is 195 Å². The Hall–Kier alpha value is -2.25. The van der Waals surface area contributed by atoms with E-state index >= 15 is 0 Å². The van der Waals surface area contributed by atoms with Gasteiger partial charge in [0, 0.05) is 48.6 Å². The van der Waals surface area contributed by atoms with Crippen LogP contribution in [0.25, 0.3) is 11.1 Å². The van der Waals surface area contributed by atoms with E-state index in [1.54, 1.807) is 25.3 Å². The fourth-order valence-corrected chi connectivity index (χ4v) is 4.59. The molecule has 1 heterocycles. The van der Waals surface area contributed by atoms with Gasteiger partial charge >= 0.3 is 0 Å². The summed E-state index contributed by atoms with van der Waals surface area (Å²) in [5.74, 6) is -0.379. The average molecular weight is 459 g/mol. The van der Waals surface area contributed by atoms with Gasteiger partial charge in [0.1, 0.15) is 17.5 Å². The van der Waals surface area contributed by atoms with Crippen LogP contribution in [-0.2, 0) is 4.74 Å². The van der Waals surface area contributed by atoms with E-state index in [4.69, 9.17) is 4.74 Å². The summed E-state index contributed by atoms with van der Waals surface area (Å²) in [6.45, 7) is 5.90. The van der Waals surface area contributed by atoms with E-state index in [0.717, 1.165) is 37.9 Å². The van der Waals surface area contributed by atoms with Gasteiger partial charge in [0.25, 0.3) is 0 Å². The summed E-state index contributed by atoms with van der Waals surface area (Å²) in [4.78, 5) is 4.22. The number of benzene rings is 1. The highest BCUT2D eigenvalue weighted by atomic mass is 19.1. The summed E-state index contributed by atoms with van der Waals surface area (Å²) in [5.41, 5.74) is 1.61.